The predicted molar refractivity (Wildman–Crippen MR) is 125 cm³/mol. The summed E-state index contributed by atoms with van der Waals surface area (Å²) in [6.07, 6.45) is 8.68. The summed E-state index contributed by atoms with van der Waals surface area (Å²) in [6, 6.07) is 26.7. The third kappa shape index (κ3) is 3.44. The number of rotatable bonds is 4. The Morgan fingerprint density at radius 1 is 0.875 bits per heavy atom. The van der Waals surface area contributed by atoms with E-state index in [0.717, 1.165) is 12.1 Å². The molecule has 1 aliphatic carbocycles. The van der Waals surface area contributed by atoms with Gasteiger partial charge in [0.1, 0.15) is 6.10 Å². The lowest BCUT2D eigenvalue weighted by Crippen LogP contribution is -2.50. The van der Waals surface area contributed by atoms with Gasteiger partial charge in [0, 0.05) is 47.7 Å². The van der Waals surface area contributed by atoms with Gasteiger partial charge in [-0.2, -0.15) is 0 Å². The minimum absolute atomic E-state index is 0.120. The third-order valence-corrected chi connectivity index (χ3v) is 7.34. The Kier molecular flexibility index (Phi) is 5.26. The van der Waals surface area contributed by atoms with Crippen molar-refractivity contribution < 1.29 is 4.84 Å². The number of nitrogens with one attached hydrogen (secondary N) is 1. The van der Waals surface area contributed by atoms with E-state index in [4.69, 9.17) is 4.84 Å². The second-order valence-corrected chi connectivity index (χ2v) is 9.18. The predicted octanol–water partition coefficient (Wildman–Crippen LogP) is 5.73. The van der Waals surface area contributed by atoms with Gasteiger partial charge in [-0.3, -0.25) is 20.2 Å². The van der Waals surface area contributed by atoms with Gasteiger partial charge in [-0.1, -0.05) is 79.6 Å². The molecule has 4 nitrogen and oxygen atoms in total. The third-order valence-electron chi connectivity index (χ3n) is 7.34. The Hall–Kier alpha value is -2.95. The van der Waals surface area contributed by atoms with Crippen LogP contribution in [0.2, 0.25) is 0 Å². The number of hydrogen-bond acceptors (Lipinski definition) is 4. The van der Waals surface area contributed by atoms with Gasteiger partial charge in [-0.05, 0) is 30.0 Å². The fraction of sp³-hybridized carbons (Fsp3) is 0.321. The van der Waals surface area contributed by atoms with E-state index in [0.29, 0.717) is 12.0 Å². The maximum Gasteiger partial charge on any atom is 0.137 e. The standard InChI is InChI=1S/C28H29N3O/c1-3-10-20(11-4-1)19-31-24-16-8-7-15-23(24)26-25(27(31)21-12-5-2-6-13-21)28(32-30-26)22-14-9-17-29-18-22/h1-6,9-14,17-18,23-24,27-28,30H,7-8,15-16,19H2. The molecule has 0 spiro atoms. The molecular weight excluding hydrogens is 394 g/mol. The first-order valence-electron chi connectivity index (χ1n) is 11.8. The van der Waals surface area contributed by atoms with Crippen molar-refractivity contribution in [2.24, 2.45) is 5.92 Å². The second-order valence-electron chi connectivity index (χ2n) is 9.18. The fourth-order valence-electron chi connectivity index (χ4n) is 5.97. The van der Waals surface area contributed by atoms with E-state index < -0.39 is 0 Å². The van der Waals surface area contributed by atoms with E-state index in [1.54, 1.807) is 0 Å². The average molecular weight is 424 g/mol. The van der Waals surface area contributed by atoms with Crippen molar-refractivity contribution in [3.63, 3.8) is 0 Å². The maximum atomic E-state index is 6.29. The van der Waals surface area contributed by atoms with Crippen molar-refractivity contribution in [2.75, 3.05) is 0 Å². The molecule has 4 atom stereocenters. The Bertz CT molecular complexity index is 1080. The minimum atomic E-state index is -0.120. The molecule has 4 heteroatoms. The molecule has 2 aliphatic heterocycles. The summed E-state index contributed by atoms with van der Waals surface area (Å²) < 4.78 is 0. The molecule has 3 heterocycles. The van der Waals surface area contributed by atoms with Crippen LogP contribution in [0.15, 0.2) is 96.5 Å². The molecule has 6 rings (SSSR count). The molecule has 162 valence electrons. The van der Waals surface area contributed by atoms with Crippen LogP contribution in [0, 0.1) is 5.92 Å². The molecule has 2 aromatic carbocycles. The van der Waals surface area contributed by atoms with Gasteiger partial charge in [0.15, 0.2) is 0 Å². The van der Waals surface area contributed by atoms with Gasteiger partial charge in [0.05, 0.1) is 6.04 Å². The minimum Gasteiger partial charge on any atom is -0.285 e. The van der Waals surface area contributed by atoms with E-state index in [2.05, 4.69) is 82.1 Å². The topological polar surface area (TPSA) is 37.4 Å². The molecule has 0 radical (unpaired) electrons. The number of hydrogen-bond donors (Lipinski definition) is 1. The van der Waals surface area contributed by atoms with Crippen molar-refractivity contribution in [1.29, 1.82) is 0 Å². The Labute approximate surface area is 189 Å². The van der Waals surface area contributed by atoms with Crippen LogP contribution in [-0.2, 0) is 11.4 Å². The number of aromatic nitrogens is 1. The van der Waals surface area contributed by atoms with Crippen molar-refractivity contribution in [1.82, 2.24) is 15.4 Å². The summed E-state index contributed by atoms with van der Waals surface area (Å²) >= 11 is 0. The first-order valence-corrected chi connectivity index (χ1v) is 11.8. The monoisotopic (exact) mass is 423 g/mol. The number of fused-ring (bicyclic) bond motifs is 2. The summed E-state index contributed by atoms with van der Waals surface area (Å²) in [5.41, 5.74) is 9.91. The van der Waals surface area contributed by atoms with E-state index >= 15 is 0 Å². The highest BCUT2D eigenvalue weighted by atomic mass is 16.7. The van der Waals surface area contributed by atoms with Gasteiger partial charge in [0.25, 0.3) is 0 Å². The number of nitrogens with zero attached hydrogens (tertiary/aromatic N) is 2. The summed E-state index contributed by atoms with van der Waals surface area (Å²) in [5.74, 6) is 0.490. The normalized spacial score (nSPS) is 27.5. The van der Waals surface area contributed by atoms with Gasteiger partial charge in [-0.15, -0.1) is 0 Å². The average Bonchev–Trinajstić information content (AvgIpc) is 3.31. The van der Waals surface area contributed by atoms with Crippen molar-refractivity contribution >= 4 is 0 Å². The lowest BCUT2D eigenvalue weighted by Gasteiger charge is -2.49. The lowest BCUT2D eigenvalue weighted by molar-refractivity contribution is 0.0331. The van der Waals surface area contributed by atoms with Crippen LogP contribution in [0.4, 0.5) is 0 Å². The van der Waals surface area contributed by atoms with Crippen molar-refractivity contribution in [3.8, 4) is 0 Å². The largest absolute Gasteiger partial charge is 0.285 e. The molecule has 0 bridgehead atoms. The molecule has 4 unspecified atom stereocenters. The lowest BCUT2D eigenvalue weighted by atomic mass is 9.73. The van der Waals surface area contributed by atoms with Crippen LogP contribution >= 0.6 is 0 Å². The molecular formula is C28H29N3O. The molecule has 0 saturated heterocycles. The van der Waals surface area contributed by atoms with Gasteiger partial charge < -0.3 is 0 Å². The van der Waals surface area contributed by atoms with Gasteiger partial charge >= 0.3 is 0 Å². The molecule has 1 saturated carbocycles. The van der Waals surface area contributed by atoms with E-state index in [9.17, 15) is 0 Å². The fourth-order valence-corrected chi connectivity index (χ4v) is 5.97. The van der Waals surface area contributed by atoms with E-state index in [1.165, 1.54) is 48.1 Å². The van der Waals surface area contributed by atoms with Crippen molar-refractivity contribution in [3.05, 3.63) is 113 Å². The number of benzene rings is 2. The zero-order chi connectivity index (χ0) is 21.3. The highest BCUT2D eigenvalue weighted by Crippen LogP contribution is 2.53. The molecule has 1 N–H and O–H groups in total. The van der Waals surface area contributed by atoms with Crippen LogP contribution in [0.1, 0.15) is 54.5 Å². The van der Waals surface area contributed by atoms with Crippen molar-refractivity contribution in [2.45, 2.75) is 50.4 Å². The maximum absolute atomic E-state index is 6.29. The zero-order valence-electron chi connectivity index (χ0n) is 18.2. The van der Waals surface area contributed by atoms with Crippen LogP contribution in [0.25, 0.3) is 0 Å². The second kappa shape index (κ2) is 8.53. The first kappa shape index (κ1) is 19.7. The molecule has 32 heavy (non-hydrogen) atoms. The van der Waals surface area contributed by atoms with Crippen LogP contribution < -0.4 is 5.48 Å². The van der Waals surface area contributed by atoms with Crippen LogP contribution in [0.5, 0.6) is 0 Å². The highest BCUT2D eigenvalue weighted by Gasteiger charge is 2.49. The molecule has 3 aromatic rings. The van der Waals surface area contributed by atoms with Gasteiger partial charge in [-0.25, -0.2) is 0 Å². The number of pyridine rings is 1. The first-order chi connectivity index (χ1) is 15.9. The summed E-state index contributed by atoms with van der Waals surface area (Å²) in [5, 5.41) is 0. The smallest absolute Gasteiger partial charge is 0.137 e. The Balaban J connectivity index is 1.51. The van der Waals surface area contributed by atoms with Gasteiger partial charge in [0.2, 0.25) is 0 Å². The SMILES string of the molecule is c1ccc(CN2C(c3ccccc3)C3=C(NOC3c3cccnc3)C3CCCCC32)cc1. The summed E-state index contributed by atoms with van der Waals surface area (Å²) in [7, 11) is 0. The summed E-state index contributed by atoms with van der Waals surface area (Å²) in [4.78, 5) is 13.4. The number of hydroxylamine groups is 1. The zero-order valence-corrected chi connectivity index (χ0v) is 18.2. The molecule has 1 fully saturated rings. The van der Waals surface area contributed by atoms with Crippen LogP contribution in [-0.4, -0.2) is 15.9 Å². The highest BCUT2D eigenvalue weighted by molar-refractivity contribution is 5.42. The van der Waals surface area contributed by atoms with Crippen LogP contribution in [0.3, 0.4) is 0 Å². The van der Waals surface area contributed by atoms with E-state index in [-0.39, 0.29) is 12.1 Å². The molecule has 0 amide bonds. The summed E-state index contributed by atoms with van der Waals surface area (Å²) in [6.45, 7) is 0.943. The van der Waals surface area contributed by atoms with E-state index in [1.807, 2.05) is 18.5 Å². The molecule has 3 aliphatic rings. The Morgan fingerprint density at radius 2 is 1.62 bits per heavy atom. The Morgan fingerprint density at radius 3 is 2.41 bits per heavy atom. The molecule has 1 aromatic heterocycles. The quantitative estimate of drug-likeness (QED) is 0.582.